The molecule has 3 unspecified atom stereocenters. The predicted octanol–water partition coefficient (Wildman–Crippen LogP) is 12.0. The van der Waals surface area contributed by atoms with E-state index in [-0.39, 0.29) is 61.1 Å². The molecule has 1 aromatic carbocycles. The number of allylic oxidation sites excluding steroid dienone is 1. The van der Waals surface area contributed by atoms with Gasteiger partial charge in [-0.1, -0.05) is 65.0 Å². The van der Waals surface area contributed by atoms with E-state index in [4.69, 9.17) is 23.9 Å². The number of amides is 1. The average molecular weight is 896 g/mol. The van der Waals surface area contributed by atoms with Crippen LogP contribution in [-0.2, 0) is 30.2 Å². The quantitative estimate of drug-likeness (QED) is 0.0754. The van der Waals surface area contributed by atoms with Crippen molar-refractivity contribution in [3.05, 3.63) is 58.9 Å². The molecule has 4 fully saturated rings. The summed E-state index contributed by atoms with van der Waals surface area (Å²) in [4.78, 5) is 46.7. The van der Waals surface area contributed by atoms with E-state index in [1.807, 2.05) is 18.2 Å². The highest BCUT2D eigenvalue weighted by Gasteiger charge is 2.58. The lowest BCUT2D eigenvalue weighted by Crippen LogP contribution is -2.50. The number of nitrogens with one attached hydrogen (secondary N) is 1. The summed E-state index contributed by atoms with van der Waals surface area (Å²) in [6.45, 7) is 10.5. The molecule has 64 heavy (non-hydrogen) atoms. The second-order valence-corrected chi connectivity index (χ2v) is 21.9. The zero-order valence-electron chi connectivity index (χ0n) is 39.2. The van der Waals surface area contributed by atoms with Crippen LogP contribution in [-0.4, -0.2) is 60.3 Å². The summed E-state index contributed by atoms with van der Waals surface area (Å²) in [5.74, 6) is 4.56. The lowest BCUT2D eigenvalue weighted by Gasteiger charge is -2.58. The third-order valence-electron chi connectivity index (χ3n) is 16.5. The monoisotopic (exact) mass is 896 g/mol. The molecular weight excluding hydrogens is 823 g/mol. The average Bonchev–Trinajstić information content (AvgIpc) is 3.85. The highest BCUT2D eigenvalue weighted by molar-refractivity contribution is 7.18. The third kappa shape index (κ3) is 10.7. The van der Waals surface area contributed by atoms with Crippen LogP contribution in [0.3, 0.4) is 0 Å². The van der Waals surface area contributed by atoms with Gasteiger partial charge in [0.1, 0.15) is 29.9 Å². The predicted molar refractivity (Wildman–Crippen MR) is 251 cm³/mol. The molecule has 2 aromatic heterocycles. The van der Waals surface area contributed by atoms with Crippen LogP contribution in [0, 0.1) is 46.3 Å². The van der Waals surface area contributed by atoms with Crippen LogP contribution < -0.4 is 10.1 Å². The standard InChI is InChI=1S/C53H73N3O7S/c1-34(2)10-6-8-12-36-15-18-42-41-17-14-37-31-38(22-25-53(37,4)43(41)23-26-52(36,42)3)60-28-29-61-49(57)20-21-50(58)63-46-13-9-7-11-35(46)30-48-56-44-19-16-39(33-47(44)64-48)62-40-24-27-55-45(32-40)51(59)54-5/h14,16,19,24,27,32-36,38,41-43,46H,6-13,15,17-18,20-23,25-26,28-31H2,1-5H3,(H,54,59)/t35-,36+,38+,41?,42?,43?,46+,52-,53+/m1/s1. The molecule has 2 heterocycles. The van der Waals surface area contributed by atoms with E-state index in [1.54, 1.807) is 42.3 Å². The normalized spacial score (nSPS) is 29.9. The minimum absolute atomic E-state index is 0.00124. The fourth-order valence-electron chi connectivity index (χ4n) is 12.9. The van der Waals surface area contributed by atoms with E-state index in [0.717, 1.165) is 83.3 Å². The van der Waals surface area contributed by atoms with E-state index in [9.17, 15) is 14.4 Å². The Morgan fingerprint density at radius 3 is 2.58 bits per heavy atom. The molecule has 0 spiro atoms. The molecule has 8 rings (SSSR count). The third-order valence-corrected chi connectivity index (χ3v) is 17.5. The van der Waals surface area contributed by atoms with E-state index >= 15 is 0 Å². The Hall–Kier alpha value is -3.83. The molecule has 4 saturated carbocycles. The maximum atomic E-state index is 13.0. The number of unbranched alkanes of at least 4 members (excludes halogenated alkanes) is 1. The zero-order chi connectivity index (χ0) is 44.8. The minimum atomic E-state index is -0.388. The summed E-state index contributed by atoms with van der Waals surface area (Å²) < 4.78 is 24.9. The van der Waals surface area contributed by atoms with Gasteiger partial charge in [-0.2, -0.15) is 0 Å². The Morgan fingerprint density at radius 2 is 1.73 bits per heavy atom. The van der Waals surface area contributed by atoms with Crippen LogP contribution in [0.4, 0.5) is 0 Å². The van der Waals surface area contributed by atoms with Crippen LogP contribution >= 0.6 is 11.3 Å². The van der Waals surface area contributed by atoms with Gasteiger partial charge in [0.15, 0.2) is 0 Å². The fraction of sp³-hybridized carbons (Fsp3) is 0.679. The van der Waals surface area contributed by atoms with Crippen molar-refractivity contribution < 1.29 is 33.3 Å². The first kappa shape index (κ1) is 46.7. The highest BCUT2D eigenvalue weighted by atomic mass is 32.1. The molecule has 5 aliphatic rings. The fourth-order valence-corrected chi connectivity index (χ4v) is 14.0. The number of thiazole rings is 1. The van der Waals surface area contributed by atoms with Gasteiger partial charge in [0.2, 0.25) is 0 Å². The molecule has 0 saturated heterocycles. The van der Waals surface area contributed by atoms with Gasteiger partial charge in [-0.3, -0.25) is 19.4 Å². The zero-order valence-corrected chi connectivity index (χ0v) is 40.0. The number of benzene rings is 1. The molecule has 9 atom stereocenters. The largest absolute Gasteiger partial charge is 0.463 e. The van der Waals surface area contributed by atoms with Crippen LogP contribution in [0.5, 0.6) is 11.5 Å². The maximum absolute atomic E-state index is 13.0. The summed E-state index contributed by atoms with van der Waals surface area (Å²) >= 11 is 1.61. The van der Waals surface area contributed by atoms with Crippen LogP contribution in [0.15, 0.2) is 48.2 Å². The first-order chi connectivity index (χ1) is 30.9. The Labute approximate surface area is 385 Å². The van der Waals surface area contributed by atoms with Gasteiger partial charge in [0, 0.05) is 37.7 Å². The molecular formula is C53H73N3O7S. The number of carbonyl (C=O) groups is 3. The number of hydrogen-bond donors (Lipinski definition) is 1. The van der Waals surface area contributed by atoms with Gasteiger partial charge >= 0.3 is 11.9 Å². The van der Waals surface area contributed by atoms with Gasteiger partial charge < -0.3 is 24.3 Å². The van der Waals surface area contributed by atoms with Gasteiger partial charge in [0.25, 0.3) is 5.91 Å². The molecule has 348 valence electrons. The number of esters is 2. The van der Waals surface area contributed by atoms with Crippen molar-refractivity contribution in [3.63, 3.8) is 0 Å². The number of ether oxygens (including phenoxy) is 4. The van der Waals surface area contributed by atoms with Gasteiger partial charge in [-0.25, -0.2) is 4.98 Å². The summed E-state index contributed by atoms with van der Waals surface area (Å²) in [5, 5.41) is 3.57. The Morgan fingerprint density at radius 1 is 0.906 bits per heavy atom. The molecule has 11 heteroatoms. The van der Waals surface area contributed by atoms with Crippen molar-refractivity contribution in [2.75, 3.05) is 20.3 Å². The number of nitrogens with zero attached hydrogens (tertiary/aromatic N) is 2. The highest BCUT2D eigenvalue weighted by Crippen LogP contribution is 2.67. The number of carbonyl (C=O) groups excluding carboxylic acids is 3. The molecule has 10 nitrogen and oxygen atoms in total. The molecule has 0 radical (unpaired) electrons. The smallest absolute Gasteiger partial charge is 0.306 e. The van der Waals surface area contributed by atoms with Gasteiger partial charge in [-0.15, -0.1) is 11.3 Å². The Kier molecular flexibility index (Phi) is 15.2. The number of rotatable bonds is 18. The van der Waals surface area contributed by atoms with Crippen LogP contribution in [0.1, 0.15) is 159 Å². The van der Waals surface area contributed by atoms with Crippen LogP contribution in [0.25, 0.3) is 10.2 Å². The van der Waals surface area contributed by atoms with Crippen molar-refractivity contribution >= 4 is 39.4 Å². The maximum Gasteiger partial charge on any atom is 0.306 e. The van der Waals surface area contributed by atoms with Gasteiger partial charge in [-0.05, 0) is 136 Å². The first-order valence-electron chi connectivity index (χ1n) is 24.8. The number of aromatic nitrogens is 2. The van der Waals surface area contributed by atoms with Crippen molar-refractivity contribution in [1.29, 1.82) is 0 Å². The van der Waals surface area contributed by atoms with E-state index in [1.165, 1.54) is 64.2 Å². The minimum Gasteiger partial charge on any atom is -0.463 e. The Bertz CT molecular complexity index is 2130. The second kappa shape index (κ2) is 20.8. The second-order valence-electron chi connectivity index (χ2n) is 20.8. The lowest BCUT2D eigenvalue weighted by molar-refractivity contribution is -0.157. The first-order valence-corrected chi connectivity index (χ1v) is 25.6. The van der Waals surface area contributed by atoms with Crippen molar-refractivity contribution in [1.82, 2.24) is 15.3 Å². The lowest BCUT2D eigenvalue weighted by atomic mass is 9.47. The summed E-state index contributed by atoms with van der Waals surface area (Å²) in [6.07, 6.45) is 24.5. The number of fused-ring (bicyclic) bond motifs is 6. The number of pyridine rings is 1. The molecule has 1 N–H and O–H groups in total. The van der Waals surface area contributed by atoms with Crippen molar-refractivity contribution in [3.8, 4) is 11.5 Å². The topological polar surface area (TPSA) is 126 Å². The summed E-state index contributed by atoms with van der Waals surface area (Å²) in [6, 6.07) is 9.08. The Balaban J connectivity index is 0.742. The van der Waals surface area contributed by atoms with Gasteiger partial charge in [0.05, 0.1) is 40.8 Å². The molecule has 3 aromatic rings. The molecule has 1 amide bonds. The number of hydrogen-bond acceptors (Lipinski definition) is 10. The van der Waals surface area contributed by atoms with E-state index in [2.05, 4.69) is 44.1 Å². The SMILES string of the molecule is CNC(=O)c1cc(Oc2ccc3nc(C[C@H]4CCCC[C@@H]4OC(=O)CCC(=O)OCCO[C@H]4CC[C@@]5(C)C(=CCC6C5CC[C@@]5(C)C6CC[C@@H]5CCCCC(C)C)C4)sc3c2)ccn1. The summed E-state index contributed by atoms with van der Waals surface area (Å²) in [7, 11) is 1.57. The van der Waals surface area contributed by atoms with E-state index in [0.29, 0.717) is 35.4 Å². The molecule has 0 bridgehead atoms. The molecule has 5 aliphatic carbocycles. The van der Waals surface area contributed by atoms with Crippen molar-refractivity contribution in [2.24, 2.45) is 46.3 Å². The summed E-state index contributed by atoms with van der Waals surface area (Å²) in [5.41, 5.74) is 3.61. The van der Waals surface area contributed by atoms with Crippen LogP contribution in [0.2, 0.25) is 0 Å². The van der Waals surface area contributed by atoms with Crippen molar-refractivity contribution in [2.45, 2.75) is 162 Å². The molecule has 0 aliphatic heterocycles. The van der Waals surface area contributed by atoms with E-state index < -0.39 is 0 Å².